The molecule has 1 aliphatic heterocycles. The molecule has 18 heavy (non-hydrogen) atoms. The standard InChI is InChI=1S/C15H21NO2/c17-12-6-7-14-11(9-12)3-1-5-15(14)16-10-13-4-2-8-18-13/h6-7,9,13,15-17H,1-5,8,10H2. The van der Waals surface area contributed by atoms with Crippen LogP contribution in [-0.4, -0.2) is 24.4 Å². The Morgan fingerprint density at radius 1 is 1.28 bits per heavy atom. The fourth-order valence-electron chi connectivity index (χ4n) is 3.09. The number of benzene rings is 1. The van der Waals surface area contributed by atoms with E-state index in [1.54, 1.807) is 6.07 Å². The monoisotopic (exact) mass is 247 g/mol. The highest BCUT2D eigenvalue weighted by Gasteiger charge is 2.22. The quantitative estimate of drug-likeness (QED) is 0.862. The Bertz CT molecular complexity index is 413. The number of nitrogens with one attached hydrogen (secondary N) is 1. The molecule has 0 aromatic heterocycles. The molecule has 1 heterocycles. The van der Waals surface area contributed by atoms with Gasteiger partial charge in [-0.1, -0.05) is 6.07 Å². The third kappa shape index (κ3) is 2.52. The molecule has 3 rings (SSSR count). The number of fused-ring (bicyclic) bond motifs is 1. The lowest BCUT2D eigenvalue weighted by atomic mass is 9.87. The molecule has 1 aromatic carbocycles. The first-order valence-corrected chi connectivity index (χ1v) is 7.00. The summed E-state index contributed by atoms with van der Waals surface area (Å²) in [6.45, 7) is 1.87. The van der Waals surface area contributed by atoms with E-state index in [1.165, 1.54) is 36.8 Å². The van der Waals surface area contributed by atoms with Crippen molar-refractivity contribution in [1.29, 1.82) is 0 Å². The molecule has 1 aliphatic carbocycles. The van der Waals surface area contributed by atoms with Gasteiger partial charge in [0.05, 0.1) is 6.10 Å². The Morgan fingerprint density at radius 2 is 2.22 bits per heavy atom. The molecule has 0 amide bonds. The second kappa shape index (κ2) is 5.29. The van der Waals surface area contributed by atoms with Crippen molar-refractivity contribution in [3.63, 3.8) is 0 Å². The third-order valence-corrected chi connectivity index (χ3v) is 4.06. The number of hydrogen-bond acceptors (Lipinski definition) is 3. The highest BCUT2D eigenvalue weighted by Crippen LogP contribution is 2.32. The summed E-state index contributed by atoms with van der Waals surface area (Å²) in [4.78, 5) is 0. The third-order valence-electron chi connectivity index (χ3n) is 4.06. The summed E-state index contributed by atoms with van der Waals surface area (Å²) in [6, 6.07) is 6.20. The van der Waals surface area contributed by atoms with Crippen LogP contribution >= 0.6 is 0 Å². The summed E-state index contributed by atoms with van der Waals surface area (Å²) in [5.74, 6) is 0.383. The summed E-state index contributed by atoms with van der Waals surface area (Å²) in [6.07, 6.45) is 6.24. The lowest BCUT2D eigenvalue weighted by Crippen LogP contribution is -2.32. The normalized spacial score (nSPS) is 27.1. The molecule has 1 saturated heterocycles. The zero-order valence-electron chi connectivity index (χ0n) is 10.7. The zero-order valence-corrected chi connectivity index (χ0v) is 10.7. The van der Waals surface area contributed by atoms with Gasteiger partial charge in [0.1, 0.15) is 5.75 Å². The topological polar surface area (TPSA) is 41.5 Å². The van der Waals surface area contributed by atoms with Crippen LogP contribution in [0.25, 0.3) is 0 Å². The molecular weight excluding hydrogens is 226 g/mol. The summed E-state index contributed by atoms with van der Waals surface area (Å²) in [5, 5.41) is 13.2. The average Bonchev–Trinajstić information content (AvgIpc) is 2.89. The van der Waals surface area contributed by atoms with Crippen LogP contribution in [0.4, 0.5) is 0 Å². The number of aromatic hydroxyl groups is 1. The first-order valence-electron chi connectivity index (χ1n) is 7.00. The maximum absolute atomic E-state index is 9.54. The minimum atomic E-state index is 0.383. The van der Waals surface area contributed by atoms with Gasteiger partial charge in [0.15, 0.2) is 0 Å². The van der Waals surface area contributed by atoms with Crippen LogP contribution in [0.15, 0.2) is 18.2 Å². The summed E-state index contributed by atoms with van der Waals surface area (Å²) >= 11 is 0. The highest BCUT2D eigenvalue weighted by molar-refractivity contribution is 5.38. The largest absolute Gasteiger partial charge is 0.508 e. The van der Waals surface area contributed by atoms with Gasteiger partial charge in [-0.25, -0.2) is 0 Å². The van der Waals surface area contributed by atoms with E-state index in [0.717, 1.165) is 19.6 Å². The van der Waals surface area contributed by atoms with E-state index in [0.29, 0.717) is 17.9 Å². The van der Waals surface area contributed by atoms with Gasteiger partial charge in [-0.2, -0.15) is 0 Å². The highest BCUT2D eigenvalue weighted by atomic mass is 16.5. The molecule has 0 radical (unpaired) electrons. The molecule has 3 heteroatoms. The Hall–Kier alpha value is -1.06. The van der Waals surface area contributed by atoms with Gasteiger partial charge in [-0.05, 0) is 55.4 Å². The smallest absolute Gasteiger partial charge is 0.115 e. The van der Waals surface area contributed by atoms with Gasteiger partial charge in [0.25, 0.3) is 0 Å². The first kappa shape index (κ1) is 12.0. The minimum absolute atomic E-state index is 0.383. The van der Waals surface area contributed by atoms with E-state index in [1.807, 2.05) is 6.07 Å². The van der Waals surface area contributed by atoms with Gasteiger partial charge in [0.2, 0.25) is 0 Å². The molecule has 0 bridgehead atoms. The number of aryl methyl sites for hydroxylation is 1. The number of ether oxygens (including phenoxy) is 1. The second-order valence-corrected chi connectivity index (χ2v) is 5.37. The molecule has 98 valence electrons. The maximum atomic E-state index is 9.54. The van der Waals surface area contributed by atoms with Gasteiger partial charge in [-0.3, -0.25) is 0 Å². The Morgan fingerprint density at radius 3 is 3.06 bits per heavy atom. The molecule has 2 aliphatic rings. The van der Waals surface area contributed by atoms with Crippen LogP contribution in [0.3, 0.4) is 0 Å². The molecule has 1 aromatic rings. The van der Waals surface area contributed by atoms with Crippen LogP contribution in [0.1, 0.15) is 42.9 Å². The van der Waals surface area contributed by atoms with Gasteiger partial charge in [0, 0.05) is 19.2 Å². The summed E-state index contributed by atoms with van der Waals surface area (Å²) in [7, 11) is 0. The van der Waals surface area contributed by atoms with Crippen molar-refractivity contribution in [2.24, 2.45) is 0 Å². The summed E-state index contributed by atoms with van der Waals surface area (Å²) in [5.41, 5.74) is 2.66. The average molecular weight is 247 g/mol. The fourth-order valence-corrected chi connectivity index (χ4v) is 3.09. The zero-order chi connectivity index (χ0) is 12.4. The van der Waals surface area contributed by atoms with Gasteiger partial charge < -0.3 is 15.2 Å². The van der Waals surface area contributed by atoms with Crippen molar-refractivity contribution < 1.29 is 9.84 Å². The van der Waals surface area contributed by atoms with Crippen LogP contribution in [0.2, 0.25) is 0 Å². The maximum Gasteiger partial charge on any atom is 0.115 e. The predicted molar refractivity (Wildman–Crippen MR) is 70.8 cm³/mol. The Labute approximate surface area is 108 Å². The van der Waals surface area contributed by atoms with Crippen molar-refractivity contribution in [2.75, 3.05) is 13.2 Å². The molecule has 2 N–H and O–H groups in total. The number of hydrogen-bond donors (Lipinski definition) is 2. The SMILES string of the molecule is Oc1ccc2c(c1)CCCC2NCC1CCCO1. The van der Waals surface area contributed by atoms with E-state index < -0.39 is 0 Å². The van der Waals surface area contributed by atoms with E-state index in [-0.39, 0.29) is 0 Å². The number of phenolic OH excluding ortho intramolecular Hbond substituents is 1. The lowest BCUT2D eigenvalue weighted by molar-refractivity contribution is 0.107. The van der Waals surface area contributed by atoms with Crippen molar-refractivity contribution >= 4 is 0 Å². The number of rotatable bonds is 3. The van der Waals surface area contributed by atoms with Gasteiger partial charge >= 0.3 is 0 Å². The van der Waals surface area contributed by atoms with Crippen LogP contribution in [0.5, 0.6) is 5.75 Å². The fraction of sp³-hybridized carbons (Fsp3) is 0.600. The Balaban J connectivity index is 1.67. The molecule has 2 atom stereocenters. The van der Waals surface area contributed by atoms with E-state index >= 15 is 0 Å². The van der Waals surface area contributed by atoms with Crippen molar-refractivity contribution in [2.45, 2.75) is 44.2 Å². The molecule has 1 fully saturated rings. The predicted octanol–water partition coefficient (Wildman–Crippen LogP) is 2.54. The van der Waals surface area contributed by atoms with E-state index in [4.69, 9.17) is 4.74 Å². The molecule has 2 unspecified atom stereocenters. The van der Waals surface area contributed by atoms with Crippen LogP contribution in [-0.2, 0) is 11.2 Å². The van der Waals surface area contributed by atoms with Crippen molar-refractivity contribution in [3.8, 4) is 5.75 Å². The lowest BCUT2D eigenvalue weighted by Gasteiger charge is -2.27. The van der Waals surface area contributed by atoms with Crippen molar-refractivity contribution in [3.05, 3.63) is 29.3 Å². The molecule has 0 spiro atoms. The Kier molecular flexibility index (Phi) is 3.52. The molecule has 3 nitrogen and oxygen atoms in total. The van der Waals surface area contributed by atoms with Crippen LogP contribution < -0.4 is 5.32 Å². The number of phenols is 1. The van der Waals surface area contributed by atoms with Crippen LogP contribution in [0, 0.1) is 0 Å². The summed E-state index contributed by atoms with van der Waals surface area (Å²) < 4.78 is 5.65. The van der Waals surface area contributed by atoms with E-state index in [2.05, 4.69) is 11.4 Å². The van der Waals surface area contributed by atoms with Gasteiger partial charge in [-0.15, -0.1) is 0 Å². The molecule has 0 saturated carbocycles. The first-order chi connectivity index (χ1) is 8.83. The molecular formula is C15H21NO2. The van der Waals surface area contributed by atoms with E-state index in [9.17, 15) is 5.11 Å². The second-order valence-electron chi connectivity index (χ2n) is 5.37. The minimum Gasteiger partial charge on any atom is -0.508 e. The van der Waals surface area contributed by atoms with Crippen molar-refractivity contribution in [1.82, 2.24) is 5.32 Å².